The molecule has 1 fully saturated rings. The Morgan fingerprint density at radius 3 is 2.85 bits per heavy atom. The molecule has 1 unspecified atom stereocenters. The van der Waals surface area contributed by atoms with Crippen molar-refractivity contribution in [2.45, 2.75) is 24.7 Å². The Labute approximate surface area is 120 Å². The Bertz CT molecular complexity index is 525. The van der Waals surface area contributed by atoms with E-state index >= 15 is 0 Å². The van der Waals surface area contributed by atoms with Crippen molar-refractivity contribution in [3.8, 4) is 0 Å². The highest BCUT2D eigenvalue weighted by molar-refractivity contribution is 7.89. The van der Waals surface area contributed by atoms with Crippen LogP contribution in [-0.4, -0.2) is 34.7 Å². The van der Waals surface area contributed by atoms with Crippen LogP contribution in [0.3, 0.4) is 0 Å². The molecule has 112 valence electrons. The highest BCUT2D eigenvalue weighted by Gasteiger charge is 2.19. The monoisotopic (exact) mass is 298 g/mol. The standard InChI is InChI=1S/C14H22N2O3S/c1-2-8-16-20(17,18)14-6-4-3-5-13(14)15-10-12-7-9-19-11-12/h3-6,12,15-16H,2,7-11H2,1H3. The van der Waals surface area contributed by atoms with Gasteiger partial charge in [0.2, 0.25) is 10.0 Å². The zero-order chi connectivity index (χ0) is 14.4. The molecule has 0 radical (unpaired) electrons. The van der Waals surface area contributed by atoms with E-state index in [2.05, 4.69) is 10.0 Å². The van der Waals surface area contributed by atoms with Crippen molar-refractivity contribution in [2.24, 2.45) is 5.92 Å². The minimum atomic E-state index is -3.44. The number of sulfonamides is 1. The molecular formula is C14H22N2O3S. The Kier molecular flexibility index (Phi) is 5.39. The lowest BCUT2D eigenvalue weighted by Crippen LogP contribution is -2.26. The third-order valence-corrected chi connectivity index (χ3v) is 4.84. The lowest BCUT2D eigenvalue weighted by Gasteiger charge is -2.15. The molecule has 1 aliphatic rings. The SMILES string of the molecule is CCCNS(=O)(=O)c1ccccc1NCC1CCOC1. The van der Waals surface area contributed by atoms with Gasteiger partial charge in [-0.1, -0.05) is 19.1 Å². The number of hydrogen-bond donors (Lipinski definition) is 2. The fourth-order valence-corrected chi connectivity index (χ4v) is 3.48. The first-order valence-electron chi connectivity index (χ1n) is 7.04. The highest BCUT2D eigenvalue weighted by Crippen LogP contribution is 2.22. The Hall–Kier alpha value is -1.11. The van der Waals surface area contributed by atoms with Gasteiger partial charge in [-0.25, -0.2) is 13.1 Å². The van der Waals surface area contributed by atoms with Crippen LogP contribution in [0.1, 0.15) is 19.8 Å². The molecule has 2 N–H and O–H groups in total. The summed E-state index contributed by atoms with van der Waals surface area (Å²) in [5, 5.41) is 3.24. The number of benzene rings is 1. The third kappa shape index (κ3) is 3.94. The van der Waals surface area contributed by atoms with Gasteiger partial charge in [0.05, 0.1) is 12.3 Å². The second kappa shape index (κ2) is 7.06. The van der Waals surface area contributed by atoms with Crippen molar-refractivity contribution in [1.29, 1.82) is 0 Å². The Morgan fingerprint density at radius 2 is 2.15 bits per heavy atom. The van der Waals surface area contributed by atoms with Gasteiger partial charge >= 0.3 is 0 Å². The maximum absolute atomic E-state index is 12.2. The quantitative estimate of drug-likeness (QED) is 0.806. The minimum Gasteiger partial charge on any atom is -0.384 e. The lowest BCUT2D eigenvalue weighted by molar-refractivity contribution is 0.187. The fourth-order valence-electron chi connectivity index (χ4n) is 2.16. The van der Waals surface area contributed by atoms with Crippen LogP contribution in [0.4, 0.5) is 5.69 Å². The summed E-state index contributed by atoms with van der Waals surface area (Å²) in [6.07, 6.45) is 1.80. The molecule has 0 amide bonds. The maximum atomic E-state index is 12.2. The predicted octanol–water partition coefficient (Wildman–Crippen LogP) is 1.82. The van der Waals surface area contributed by atoms with Crippen LogP contribution in [0.25, 0.3) is 0 Å². The molecule has 1 aliphatic heterocycles. The zero-order valence-electron chi connectivity index (χ0n) is 11.8. The molecule has 0 bridgehead atoms. The van der Waals surface area contributed by atoms with Gasteiger partial charge < -0.3 is 10.1 Å². The molecule has 0 aliphatic carbocycles. The second-order valence-electron chi connectivity index (χ2n) is 5.00. The predicted molar refractivity (Wildman–Crippen MR) is 79.3 cm³/mol. The van der Waals surface area contributed by atoms with E-state index in [-0.39, 0.29) is 0 Å². The molecule has 2 rings (SSSR count). The molecule has 6 heteroatoms. The summed E-state index contributed by atoms with van der Waals surface area (Å²) >= 11 is 0. The number of para-hydroxylation sites is 1. The van der Waals surface area contributed by atoms with Crippen molar-refractivity contribution in [3.05, 3.63) is 24.3 Å². The van der Waals surface area contributed by atoms with Crippen LogP contribution in [0.5, 0.6) is 0 Å². The molecule has 1 aromatic carbocycles. The second-order valence-corrected chi connectivity index (χ2v) is 6.74. The summed E-state index contributed by atoms with van der Waals surface area (Å²) in [5.74, 6) is 0.453. The summed E-state index contributed by atoms with van der Waals surface area (Å²) in [6.45, 7) is 4.67. The first kappa shape index (κ1) is 15.3. The molecule has 0 aromatic heterocycles. The molecule has 20 heavy (non-hydrogen) atoms. The maximum Gasteiger partial charge on any atom is 0.242 e. The van der Waals surface area contributed by atoms with Crippen LogP contribution in [-0.2, 0) is 14.8 Å². The van der Waals surface area contributed by atoms with Gasteiger partial charge in [-0.2, -0.15) is 0 Å². The number of rotatable bonds is 7. The average molecular weight is 298 g/mol. The van der Waals surface area contributed by atoms with Crippen LogP contribution < -0.4 is 10.0 Å². The van der Waals surface area contributed by atoms with Crippen LogP contribution in [0, 0.1) is 5.92 Å². The number of nitrogens with one attached hydrogen (secondary N) is 2. The largest absolute Gasteiger partial charge is 0.384 e. The van der Waals surface area contributed by atoms with Crippen LogP contribution in [0.15, 0.2) is 29.2 Å². The number of anilines is 1. The van der Waals surface area contributed by atoms with E-state index in [1.165, 1.54) is 0 Å². The van der Waals surface area contributed by atoms with Crippen molar-refractivity contribution in [3.63, 3.8) is 0 Å². The van der Waals surface area contributed by atoms with E-state index in [9.17, 15) is 8.42 Å². The zero-order valence-corrected chi connectivity index (χ0v) is 12.6. The highest BCUT2D eigenvalue weighted by atomic mass is 32.2. The van der Waals surface area contributed by atoms with Gasteiger partial charge in [-0.05, 0) is 25.0 Å². The van der Waals surface area contributed by atoms with E-state index in [1.54, 1.807) is 18.2 Å². The summed E-state index contributed by atoms with van der Waals surface area (Å²) in [6, 6.07) is 7.01. The van der Waals surface area contributed by atoms with E-state index in [0.29, 0.717) is 23.0 Å². The average Bonchev–Trinajstić information content (AvgIpc) is 2.96. The summed E-state index contributed by atoms with van der Waals surface area (Å²) in [5.41, 5.74) is 0.656. The van der Waals surface area contributed by atoms with Crippen LogP contribution in [0.2, 0.25) is 0 Å². The number of hydrogen-bond acceptors (Lipinski definition) is 4. The first-order chi connectivity index (χ1) is 9.63. The minimum absolute atomic E-state index is 0.312. The Morgan fingerprint density at radius 1 is 1.35 bits per heavy atom. The molecule has 1 aromatic rings. The smallest absolute Gasteiger partial charge is 0.242 e. The van der Waals surface area contributed by atoms with Crippen LogP contribution >= 0.6 is 0 Å². The fraction of sp³-hybridized carbons (Fsp3) is 0.571. The van der Waals surface area contributed by atoms with Crippen molar-refractivity contribution in [1.82, 2.24) is 4.72 Å². The molecule has 1 heterocycles. The summed E-state index contributed by atoms with van der Waals surface area (Å²) in [4.78, 5) is 0.312. The van der Waals surface area contributed by atoms with Gasteiger partial charge in [-0.3, -0.25) is 0 Å². The summed E-state index contributed by atoms with van der Waals surface area (Å²) in [7, 11) is -3.44. The molecule has 1 atom stereocenters. The van der Waals surface area contributed by atoms with Gasteiger partial charge in [0.15, 0.2) is 0 Å². The first-order valence-corrected chi connectivity index (χ1v) is 8.52. The third-order valence-electron chi connectivity index (χ3n) is 3.32. The van der Waals surface area contributed by atoms with Gasteiger partial charge in [0.1, 0.15) is 4.90 Å². The molecule has 0 saturated carbocycles. The van der Waals surface area contributed by atoms with Gasteiger partial charge in [0.25, 0.3) is 0 Å². The van der Waals surface area contributed by atoms with Gasteiger partial charge in [-0.15, -0.1) is 0 Å². The van der Waals surface area contributed by atoms with Crippen molar-refractivity contribution < 1.29 is 13.2 Å². The van der Waals surface area contributed by atoms with E-state index in [1.807, 2.05) is 13.0 Å². The Balaban J connectivity index is 2.08. The van der Waals surface area contributed by atoms with E-state index in [4.69, 9.17) is 4.74 Å². The van der Waals surface area contributed by atoms with E-state index < -0.39 is 10.0 Å². The van der Waals surface area contributed by atoms with Crippen molar-refractivity contribution in [2.75, 3.05) is 31.6 Å². The normalized spacial score (nSPS) is 19.1. The van der Waals surface area contributed by atoms with Crippen molar-refractivity contribution >= 4 is 15.7 Å². The summed E-state index contributed by atoms with van der Waals surface area (Å²) < 4.78 is 32.4. The number of ether oxygens (including phenoxy) is 1. The molecule has 5 nitrogen and oxygen atoms in total. The topological polar surface area (TPSA) is 67.4 Å². The molecule has 0 spiro atoms. The lowest BCUT2D eigenvalue weighted by atomic mass is 10.1. The molecular weight excluding hydrogens is 276 g/mol. The van der Waals surface area contributed by atoms with E-state index in [0.717, 1.165) is 32.6 Å². The van der Waals surface area contributed by atoms with Gasteiger partial charge in [0, 0.05) is 25.6 Å². The molecule has 1 saturated heterocycles.